The molecule has 1 fully saturated rings. The smallest absolute Gasteiger partial charge is 0.0418 e. The average molecular weight is 207 g/mol. The Balaban J connectivity index is 2.17. The van der Waals surface area contributed by atoms with Gasteiger partial charge in [0.15, 0.2) is 0 Å². The first-order valence-electron chi connectivity index (χ1n) is 5.22. The first-order chi connectivity index (χ1) is 6.79. The van der Waals surface area contributed by atoms with Gasteiger partial charge < -0.3 is 5.73 Å². The summed E-state index contributed by atoms with van der Waals surface area (Å²) < 4.78 is 0. The Kier molecular flexibility index (Phi) is 3.14. The van der Waals surface area contributed by atoms with E-state index in [2.05, 4.69) is 31.2 Å². The maximum absolute atomic E-state index is 6.28. The number of aryl methyl sites for hydroxylation is 1. The largest absolute Gasteiger partial charge is 0.323 e. The highest BCUT2D eigenvalue weighted by molar-refractivity contribution is 8.00. The molecule has 14 heavy (non-hydrogen) atoms. The van der Waals surface area contributed by atoms with Crippen LogP contribution in [0.2, 0.25) is 0 Å². The Morgan fingerprint density at radius 1 is 1.43 bits per heavy atom. The summed E-state index contributed by atoms with van der Waals surface area (Å²) in [7, 11) is 0. The Hall–Kier alpha value is -0.470. The van der Waals surface area contributed by atoms with Gasteiger partial charge in [-0.05, 0) is 36.6 Å². The van der Waals surface area contributed by atoms with Crippen LogP contribution in [0.1, 0.15) is 30.0 Å². The predicted octanol–water partition coefficient (Wildman–Crippen LogP) is 2.89. The summed E-state index contributed by atoms with van der Waals surface area (Å²) in [5, 5.41) is 0.635. The Morgan fingerprint density at radius 3 is 2.86 bits per heavy atom. The second kappa shape index (κ2) is 4.37. The molecule has 0 aromatic heterocycles. The molecular weight excluding hydrogens is 190 g/mol. The minimum Gasteiger partial charge on any atom is -0.323 e. The molecule has 2 unspecified atom stereocenters. The highest BCUT2D eigenvalue weighted by atomic mass is 32.2. The predicted molar refractivity (Wildman–Crippen MR) is 63.6 cm³/mol. The van der Waals surface area contributed by atoms with Crippen molar-refractivity contribution in [1.29, 1.82) is 0 Å². The first-order valence-corrected chi connectivity index (χ1v) is 6.26. The van der Waals surface area contributed by atoms with Crippen molar-refractivity contribution in [3.63, 3.8) is 0 Å². The Bertz CT molecular complexity index is 305. The van der Waals surface area contributed by atoms with Crippen LogP contribution in [0.15, 0.2) is 24.3 Å². The number of nitrogens with two attached hydrogens (primary N) is 1. The molecule has 0 radical (unpaired) electrons. The van der Waals surface area contributed by atoms with Crippen molar-refractivity contribution >= 4 is 11.8 Å². The number of rotatable bonds is 2. The highest BCUT2D eigenvalue weighted by Gasteiger charge is 2.24. The van der Waals surface area contributed by atoms with Gasteiger partial charge in [0.25, 0.3) is 0 Å². The van der Waals surface area contributed by atoms with Crippen LogP contribution in [0.4, 0.5) is 0 Å². The minimum atomic E-state index is 0.226. The molecular formula is C12H17NS. The van der Waals surface area contributed by atoms with Crippen molar-refractivity contribution in [3.8, 4) is 0 Å². The summed E-state index contributed by atoms with van der Waals surface area (Å²) in [4.78, 5) is 0. The molecule has 2 atom stereocenters. The summed E-state index contributed by atoms with van der Waals surface area (Å²) in [6, 6.07) is 8.70. The monoisotopic (exact) mass is 207 g/mol. The standard InChI is InChI=1S/C12H17NS/c1-9-5-2-3-6-10(9)12(13)11-7-4-8-14-11/h2-3,5-6,11-12H,4,7-8,13H2,1H3. The van der Waals surface area contributed by atoms with Crippen molar-refractivity contribution in [3.05, 3.63) is 35.4 Å². The van der Waals surface area contributed by atoms with Gasteiger partial charge in [0.2, 0.25) is 0 Å². The van der Waals surface area contributed by atoms with Crippen LogP contribution in [0.3, 0.4) is 0 Å². The lowest BCUT2D eigenvalue weighted by Gasteiger charge is -2.20. The third kappa shape index (κ3) is 1.96. The van der Waals surface area contributed by atoms with Gasteiger partial charge in [-0.1, -0.05) is 24.3 Å². The number of benzene rings is 1. The van der Waals surface area contributed by atoms with Crippen molar-refractivity contribution < 1.29 is 0 Å². The first kappa shape index (κ1) is 10.1. The maximum Gasteiger partial charge on any atom is 0.0418 e. The topological polar surface area (TPSA) is 26.0 Å². The fraction of sp³-hybridized carbons (Fsp3) is 0.500. The number of hydrogen-bond acceptors (Lipinski definition) is 2. The summed E-state index contributed by atoms with van der Waals surface area (Å²) in [5.74, 6) is 1.28. The molecule has 0 bridgehead atoms. The quantitative estimate of drug-likeness (QED) is 0.807. The van der Waals surface area contributed by atoms with E-state index in [-0.39, 0.29) is 6.04 Å². The van der Waals surface area contributed by atoms with E-state index in [0.717, 1.165) is 0 Å². The van der Waals surface area contributed by atoms with Gasteiger partial charge in [-0.25, -0.2) is 0 Å². The van der Waals surface area contributed by atoms with E-state index in [1.165, 1.54) is 29.7 Å². The van der Waals surface area contributed by atoms with E-state index in [1.807, 2.05) is 11.8 Å². The van der Waals surface area contributed by atoms with E-state index in [4.69, 9.17) is 5.73 Å². The van der Waals surface area contributed by atoms with Gasteiger partial charge >= 0.3 is 0 Å². The van der Waals surface area contributed by atoms with Crippen molar-refractivity contribution in [2.75, 3.05) is 5.75 Å². The molecule has 0 aliphatic carbocycles. The summed E-state index contributed by atoms with van der Waals surface area (Å²) >= 11 is 2.03. The second-order valence-corrected chi connectivity index (χ2v) is 5.28. The molecule has 1 nitrogen and oxygen atoms in total. The molecule has 1 saturated heterocycles. The summed E-state index contributed by atoms with van der Waals surface area (Å²) in [5.41, 5.74) is 8.93. The zero-order valence-electron chi connectivity index (χ0n) is 8.57. The van der Waals surface area contributed by atoms with E-state index in [1.54, 1.807) is 0 Å². The van der Waals surface area contributed by atoms with Crippen LogP contribution in [0.5, 0.6) is 0 Å². The molecule has 0 amide bonds. The SMILES string of the molecule is Cc1ccccc1C(N)C1CCCS1. The molecule has 1 aromatic rings. The normalized spacial score (nSPS) is 23.7. The molecule has 1 aliphatic heterocycles. The number of thioether (sulfide) groups is 1. The third-order valence-electron chi connectivity index (χ3n) is 2.91. The zero-order chi connectivity index (χ0) is 9.97. The van der Waals surface area contributed by atoms with Gasteiger partial charge in [0.1, 0.15) is 0 Å². The van der Waals surface area contributed by atoms with Gasteiger partial charge in [-0.2, -0.15) is 11.8 Å². The molecule has 1 aromatic carbocycles. The molecule has 76 valence electrons. The van der Waals surface area contributed by atoms with Crippen molar-refractivity contribution in [2.24, 2.45) is 5.73 Å². The molecule has 2 rings (SSSR count). The maximum atomic E-state index is 6.28. The van der Waals surface area contributed by atoms with Crippen LogP contribution in [-0.2, 0) is 0 Å². The molecule has 0 saturated carbocycles. The van der Waals surface area contributed by atoms with E-state index >= 15 is 0 Å². The van der Waals surface area contributed by atoms with Crippen molar-refractivity contribution in [2.45, 2.75) is 31.1 Å². The molecule has 2 N–H and O–H groups in total. The van der Waals surface area contributed by atoms with Gasteiger partial charge in [0, 0.05) is 11.3 Å². The van der Waals surface area contributed by atoms with Crippen LogP contribution >= 0.6 is 11.8 Å². The minimum absolute atomic E-state index is 0.226. The van der Waals surface area contributed by atoms with E-state index in [9.17, 15) is 0 Å². The van der Waals surface area contributed by atoms with Crippen LogP contribution in [0.25, 0.3) is 0 Å². The van der Waals surface area contributed by atoms with Crippen molar-refractivity contribution in [1.82, 2.24) is 0 Å². The van der Waals surface area contributed by atoms with Gasteiger partial charge in [-0.3, -0.25) is 0 Å². The second-order valence-electron chi connectivity index (χ2n) is 3.93. The van der Waals surface area contributed by atoms with E-state index in [0.29, 0.717) is 5.25 Å². The van der Waals surface area contributed by atoms with Gasteiger partial charge in [-0.15, -0.1) is 0 Å². The fourth-order valence-electron chi connectivity index (χ4n) is 2.05. The van der Waals surface area contributed by atoms with Crippen LogP contribution in [0, 0.1) is 6.92 Å². The average Bonchev–Trinajstić information content (AvgIpc) is 2.70. The highest BCUT2D eigenvalue weighted by Crippen LogP contribution is 2.35. The van der Waals surface area contributed by atoms with Crippen LogP contribution in [-0.4, -0.2) is 11.0 Å². The lowest BCUT2D eigenvalue weighted by atomic mass is 9.98. The third-order valence-corrected chi connectivity index (χ3v) is 4.39. The van der Waals surface area contributed by atoms with Gasteiger partial charge in [0.05, 0.1) is 0 Å². The Labute approximate surface area is 90.1 Å². The lowest BCUT2D eigenvalue weighted by Crippen LogP contribution is -2.22. The molecule has 0 spiro atoms. The summed E-state index contributed by atoms with van der Waals surface area (Å²) in [6.07, 6.45) is 2.61. The molecule has 2 heteroatoms. The lowest BCUT2D eigenvalue weighted by molar-refractivity contribution is 0.642. The number of hydrogen-bond donors (Lipinski definition) is 1. The molecule has 1 heterocycles. The fourth-order valence-corrected chi connectivity index (χ4v) is 3.37. The Morgan fingerprint density at radius 2 is 2.21 bits per heavy atom. The molecule has 1 aliphatic rings. The zero-order valence-corrected chi connectivity index (χ0v) is 9.39. The van der Waals surface area contributed by atoms with Crippen LogP contribution < -0.4 is 5.73 Å². The van der Waals surface area contributed by atoms with E-state index < -0.39 is 0 Å². The summed E-state index contributed by atoms with van der Waals surface area (Å²) in [6.45, 7) is 2.15.